The molecular weight excluding hydrogens is 646 g/mol. The molecule has 0 radical (unpaired) electrons. The van der Waals surface area contributed by atoms with E-state index in [4.69, 9.17) is 29.4 Å². The Bertz CT molecular complexity index is 1530. The molecule has 1 heterocycles. The molecule has 50 heavy (non-hydrogen) atoms. The SMILES string of the molecule is CCN1CC2(COC(=O)c3ccccc3NC(=O)C(C)CC(N)=O)CC[C@@H](OC)C34C5C[C@@H]6C(OC)C[C@@](O)(C5[C@H]6OC)C(O)([C@@H](OC)C23)[C@@H]14. The first-order valence-corrected chi connectivity index (χ1v) is 18.0. The molecule has 13 nitrogen and oxygen atoms in total. The van der Waals surface area contributed by atoms with Crippen molar-refractivity contribution in [2.75, 3.05) is 53.5 Å². The molecule has 7 rings (SSSR count). The van der Waals surface area contributed by atoms with Crippen molar-refractivity contribution in [1.29, 1.82) is 0 Å². The number of likely N-dealkylation sites (tertiary alicyclic amines) is 1. The molecule has 5 aliphatic carbocycles. The van der Waals surface area contributed by atoms with Crippen molar-refractivity contribution in [3.05, 3.63) is 29.8 Å². The number of carbonyl (C=O) groups is 3. The standard InChI is InChI=1S/C37H53N3O10/c1-7-40-17-34(18-50-32(43)20-10-8-9-11-23(20)39-31(42)19(2)14-26(38)41)13-12-25(47-4)36-22-15-21-24(46-3)16-35(44,27(22)28(21)48-5)37(45,33(36)40)30(49-6)29(34)36/h8-11,19,21-22,24-25,27-30,33,44-45H,7,12-18H2,1-6H3,(H2,38,41)(H,39,42)/t19?,21-,22?,24?,25-,27?,28+,29?,30+,33+,34?,35-,36?,37?/m1/s1. The third kappa shape index (κ3) is 4.46. The Kier molecular flexibility index (Phi) is 8.93. The molecule has 5 saturated carbocycles. The van der Waals surface area contributed by atoms with Gasteiger partial charge in [-0.05, 0) is 43.9 Å². The van der Waals surface area contributed by atoms with Crippen molar-refractivity contribution in [1.82, 2.24) is 4.90 Å². The van der Waals surface area contributed by atoms with Crippen LogP contribution < -0.4 is 11.1 Å². The molecule has 276 valence electrons. The van der Waals surface area contributed by atoms with Gasteiger partial charge in [0.25, 0.3) is 0 Å². The Hall–Kier alpha value is -2.65. The summed E-state index contributed by atoms with van der Waals surface area (Å²) < 4.78 is 31.3. The van der Waals surface area contributed by atoms with Gasteiger partial charge < -0.3 is 44.9 Å². The number of methoxy groups -OCH3 is 4. The number of benzene rings is 1. The number of piperidine rings is 1. The van der Waals surface area contributed by atoms with E-state index in [0.717, 1.165) is 6.42 Å². The summed E-state index contributed by atoms with van der Waals surface area (Å²) in [5, 5.41) is 29.3. The summed E-state index contributed by atoms with van der Waals surface area (Å²) in [5.41, 5.74) is 1.21. The fourth-order valence-corrected chi connectivity index (χ4v) is 12.7. The van der Waals surface area contributed by atoms with Gasteiger partial charge in [-0.25, -0.2) is 4.79 Å². The van der Waals surface area contributed by atoms with Gasteiger partial charge in [-0.3, -0.25) is 14.5 Å². The predicted molar refractivity (Wildman–Crippen MR) is 180 cm³/mol. The largest absolute Gasteiger partial charge is 0.461 e. The number of para-hydroxylation sites is 1. The molecule has 5 N–H and O–H groups in total. The van der Waals surface area contributed by atoms with Crippen molar-refractivity contribution in [2.45, 2.75) is 87.6 Å². The minimum Gasteiger partial charge on any atom is -0.461 e. The minimum atomic E-state index is -1.70. The molecule has 1 saturated heterocycles. The highest BCUT2D eigenvalue weighted by Gasteiger charge is 2.91. The molecule has 13 heteroatoms. The molecule has 14 atom stereocenters. The van der Waals surface area contributed by atoms with Gasteiger partial charge in [0, 0.05) is 82.3 Å². The van der Waals surface area contributed by atoms with E-state index in [2.05, 4.69) is 17.1 Å². The van der Waals surface area contributed by atoms with E-state index in [1.165, 1.54) is 0 Å². The molecule has 1 aromatic rings. The first-order chi connectivity index (χ1) is 23.8. The number of likely N-dealkylation sites (N-methyl/N-ethyl adjacent to an activating group) is 1. The van der Waals surface area contributed by atoms with Crippen molar-refractivity contribution in [3.8, 4) is 0 Å². The minimum absolute atomic E-state index is 0.0402. The molecule has 8 unspecified atom stereocenters. The van der Waals surface area contributed by atoms with E-state index in [0.29, 0.717) is 25.9 Å². The van der Waals surface area contributed by atoms with Crippen molar-refractivity contribution < 1.29 is 48.3 Å². The fourth-order valence-electron chi connectivity index (χ4n) is 12.7. The van der Waals surface area contributed by atoms with Crippen LogP contribution in [0.3, 0.4) is 0 Å². The van der Waals surface area contributed by atoms with Crippen LogP contribution in [-0.4, -0.2) is 123 Å². The number of primary amides is 1. The number of carbonyl (C=O) groups excluding carboxylic acids is 3. The number of nitrogens with one attached hydrogen (secondary N) is 1. The summed E-state index contributed by atoms with van der Waals surface area (Å²) in [4.78, 5) is 40.5. The number of anilines is 1. The number of ether oxygens (including phenoxy) is 5. The van der Waals surface area contributed by atoms with Crippen LogP contribution in [0, 0.1) is 40.4 Å². The maximum atomic E-state index is 14.0. The van der Waals surface area contributed by atoms with E-state index in [1.54, 1.807) is 59.6 Å². The number of hydrogen-bond donors (Lipinski definition) is 4. The zero-order chi connectivity index (χ0) is 36.0. The second kappa shape index (κ2) is 12.5. The monoisotopic (exact) mass is 699 g/mol. The fraction of sp³-hybridized carbons (Fsp3) is 0.757. The first-order valence-electron chi connectivity index (χ1n) is 18.0. The molecule has 7 bridgehead atoms. The molecule has 6 aliphatic rings. The van der Waals surface area contributed by atoms with Crippen LogP contribution >= 0.6 is 0 Å². The van der Waals surface area contributed by atoms with Crippen LogP contribution in [0.1, 0.15) is 56.3 Å². The lowest BCUT2D eigenvalue weighted by molar-refractivity contribution is -0.320. The number of nitrogens with zero attached hydrogens (tertiary/aromatic N) is 1. The lowest BCUT2D eigenvalue weighted by Gasteiger charge is -2.70. The summed E-state index contributed by atoms with van der Waals surface area (Å²) in [6.45, 7) is 4.84. The zero-order valence-electron chi connectivity index (χ0n) is 29.9. The molecule has 1 aromatic carbocycles. The summed E-state index contributed by atoms with van der Waals surface area (Å²) >= 11 is 0. The highest BCUT2D eigenvalue weighted by molar-refractivity contribution is 6.02. The van der Waals surface area contributed by atoms with Gasteiger partial charge in [0.1, 0.15) is 11.2 Å². The van der Waals surface area contributed by atoms with Gasteiger partial charge in [0.2, 0.25) is 11.8 Å². The molecule has 1 spiro atoms. The van der Waals surface area contributed by atoms with Gasteiger partial charge in [-0.15, -0.1) is 0 Å². The number of rotatable bonds is 12. The Morgan fingerprint density at radius 2 is 1.82 bits per heavy atom. The molecule has 6 fully saturated rings. The summed E-state index contributed by atoms with van der Waals surface area (Å²) in [7, 11) is 6.69. The number of hydrogen-bond acceptors (Lipinski definition) is 11. The third-order valence-electron chi connectivity index (χ3n) is 14.2. The van der Waals surface area contributed by atoms with Crippen LogP contribution in [0.15, 0.2) is 24.3 Å². The maximum absolute atomic E-state index is 14.0. The topological polar surface area (TPSA) is 179 Å². The Labute approximate surface area is 293 Å². The van der Waals surface area contributed by atoms with Crippen molar-refractivity contribution in [3.63, 3.8) is 0 Å². The average Bonchev–Trinajstić information content (AvgIpc) is 3.52. The van der Waals surface area contributed by atoms with E-state index in [1.807, 2.05) is 0 Å². The maximum Gasteiger partial charge on any atom is 0.340 e. The smallest absolute Gasteiger partial charge is 0.340 e. The van der Waals surface area contributed by atoms with Crippen LogP contribution in [0.2, 0.25) is 0 Å². The first kappa shape index (κ1) is 35.7. The van der Waals surface area contributed by atoms with E-state index in [-0.39, 0.29) is 72.7 Å². The van der Waals surface area contributed by atoms with Gasteiger partial charge in [-0.2, -0.15) is 0 Å². The summed E-state index contributed by atoms with van der Waals surface area (Å²) in [6.07, 6.45) is 0.586. The Balaban J connectivity index is 1.29. The van der Waals surface area contributed by atoms with Crippen LogP contribution in [0.5, 0.6) is 0 Å². The number of esters is 1. The van der Waals surface area contributed by atoms with Crippen LogP contribution in [0.25, 0.3) is 0 Å². The summed E-state index contributed by atoms with van der Waals surface area (Å²) in [5.74, 6) is -3.02. The summed E-state index contributed by atoms with van der Waals surface area (Å²) in [6, 6.07) is 6.16. The van der Waals surface area contributed by atoms with Gasteiger partial charge in [0.05, 0.1) is 48.3 Å². The third-order valence-corrected chi connectivity index (χ3v) is 14.2. The lowest BCUT2D eigenvalue weighted by Crippen LogP contribution is -2.82. The Morgan fingerprint density at radius 1 is 1.08 bits per heavy atom. The average molecular weight is 700 g/mol. The van der Waals surface area contributed by atoms with Gasteiger partial charge in [0.15, 0.2) is 0 Å². The number of nitrogens with two attached hydrogens (primary N) is 1. The highest BCUT2D eigenvalue weighted by Crippen LogP contribution is 2.80. The van der Waals surface area contributed by atoms with Gasteiger partial charge >= 0.3 is 5.97 Å². The highest BCUT2D eigenvalue weighted by atomic mass is 16.5. The number of fused-ring (bicyclic) bond motifs is 2. The molecule has 2 amide bonds. The number of amides is 2. The second-order valence-electron chi connectivity index (χ2n) is 15.9. The zero-order valence-corrected chi connectivity index (χ0v) is 29.9. The van der Waals surface area contributed by atoms with Gasteiger partial charge in [-0.1, -0.05) is 26.0 Å². The van der Waals surface area contributed by atoms with E-state index < -0.39 is 57.9 Å². The predicted octanol–water partition coefficient (Wildman–Crippen LogP) is 1.59. The molecular formula is C37H53N3O10. The molecule has 1 aliphatic heterocycles. The van der Waals surface area contributed by atoms with Crippen molar-refractivity contribution in [2.24, 2.45) is 46.2 Å². The Morgan fingerprint density at radius 3 is 2.46 bits per heavy atom. The van der Waals surface area contributed by atoms with Crippen LogP contribution in [0.4, 0.5) is 5.69 Å². The quantitative estimate of drug-likeness (QED) is 0.233. The van der Waals surface area contributed by atoms with E-state index in [9.17, 15) is 24.6 Å². The second-order valence-corrected chi connectivity index (χ2v) is 15.9. The molecule has 0 aromatic heterocycles. The lowest BCUT2D eigenvalue weighted by atomic mass is 9.42. The van der Waals surface area contributed by atoms with Crippen molar-refractivity contribution >= 4 is 23.5 Å². The van der Waals surface area contributed by atoms with Crippen LogP contribution in [-0.2, 0) is 33.3 Å². The normalized spacial score (nSPS) is 44.4. The number of aliphatic hydroxyl groups is 2. The van der Waals surface area contributed by atoms with E-state index >= 15 is 0 Å².